The van der Waals surface area contributed by atoms with Gasteiger partial charge in [0, 0.05) is 6.54 Å². The summed E-state index contributed by atoms with van der Waals surface area (Å²) in [5.41, 5.74) is 4.26. The largest absolute Gasteiger partial charge is 0.347 e. The molecule has 4 nitrogen and oxygen atoms in total. The first kappa shape index (κ1) is 11.5. The van der Waals surface area contributed by atoms with E-state index in [-0.39, 0.29) is 6.10 Å². The molecule has 1 aliphatic heterocycles. The summed E-state index contributed by atoms with van der Waals surface area (Å²) in [5.74, 6) is -0.523. The number of nitrogens with one attached hydrogen (secondary N) is 1. The smallest absolute Gasteiger partial charge is 0.163 e. The minimum atomic E-state index is -0.523. The molecule has 1 aromatic rings. The van der Waals surface area contributed by atoms with Gasteiger partial charge in [-0.1, -0.05) is 24.3 Å². The van der Waals surface area contributed by atoms with E-state index < -0.39 is 5.79 Å². The molecule has 0 spiro atoms. The van der Waals surface area contributed by atoms with Crippen molar-refractivity contribution in [2.24, 2.45) is 0 Å². The van der Waals surface area contributed by atoms with Crippen molar-refractivity contribution in [3.8, 4) is 0 Å². The second-order valence-electron chi connectivity index (χ2n) is 4.35. The van der Waals surface area contributed by atoms with Crippen molar-refractivity contribution in [2.75, 3.05) is 6.61 Å². The molecule has 0 aromatic heterocycles. The summed E-state index contributed by atoms with van der Waals surface area (Å²) in [6.07, 6.45) is -0.0560. The maximum atomic E-state index is 8.77. The van der Waals surface area contributed by atoms with Crippen LogP contribution in [0.2, 0.25) is 0 Å². The van der Waals surface area contributed by atoms with Gasteiger partial charge in [-0.05, 0) is 25.0 Å². The second kappa shape index (κ2) is 4.51. The van der Waals surface area contributed by atoms with Gasteiger partial charge in [-0.15, -0.1) is 0 Å². The zero-order valence-corrected chi connectivity index (χ0v) is 9.56. The van der Waals surface area contributed by atoms with Crippen molar-refractivity contribution < 1.29 is 14.7 Å². The lowest BCUT2D eigenvalue weighted by Gasteiger charge is -2.18. The summed E-state index contributed by atoms with van der Waals surface area (Å²) < 4.78 is 11.3. The Morgan fingerprint density at radius 1 is 1.44 bits per heavy atom. The van der Waals surface area contributed by atoms with E-state index in [2.05, 4.69) is 5.48 Å². The molecule has 1 fully saturated rings. The molecule has 1 atom stereocenters. The summed E-state index contributed by atoms with van der Waals surface area (Å²) in [6.45, 7) is 4.77. The number of hydroxylamine groups is 1. The van der Waals surface area contributed by atoms with Gasteiger partial charge in [0.1, 0.15) is 6.10 Å². The Balaban J connectivity index is 2.20. The average molecular weight is 223 g/mol. The van der Waals surface area contributed by atoms with Crippen molar-refractivity contribution in [1.29, 1.82) is 0 Å². The third kappa shape index (κ3) is 2.41. The lowest BCUT2D eigenvalue weighted by atomic mass is 10.0. The Morgan fingerprint density at radius 2 is 2.19 bits per heavy atom. The van der Waals surface area contributed by atoms with Gasteiger partial charge in [-0.25, -0.2) is 5.48 Å². The van der Waals surface area contributed by atoms with Crippen molar-refractivity contribution in [3.63, 3.8) is 0 Å². The highest BCUT2D eigenvalue weighted by Gasteiger charge is 2.34. The molecule has 0 amide bonds. The van der Waals surface area contributed by atoms with E-state index in [0.29, 0.717) is 13.2 Å². The fourth-order valence-corrected chi connectivity index (χ4v) is 1.93. The monoisotopic (exact) mass is 223 g/mol. The van der Waals surface area contributed by atoms with Gasteiger partial charge in [0.25, 0.3) is 0 Å². The molecule has 1 saturated heterocycles. The van der Waals surface area contributed by atoms with Crippen molar-refractivity contribution in [1.82, 2.24) is 5.48 Å². The first-order chi connectivity index (χ1) is 7.62. The normalized spacial score (nSPS) is 23.6. The molecule has 1 heterocycles. The molecule has 1 aromatic carbocycles. The lowest BCUT2D eigenvalue weighted by molar-refractivity contribution is -0.139. The molecule has 0 aliphatic carbocycles. The number of hydrogen-bond acceptors (Lipinski definition) is 4. The van der Waals surface area contributed by atoms with E-state index in [1.165, 1.54) is 0 Å². The highest BCUT2D eigenvalue weighted by atomic mass is 16.7. The van der Waals surface area contributed by atoms with Crippen LogP contribution in [0, 0.1) is 0 Å². The second-order valence-corrected chi connectivity index (χ2v) is 4.35. The fraction of sp³-hybridized carbons (Fsp3) is 0.500. The first-order valence-corrected chi connectivity index (χ1v) is 5.39. The Bertz CT molecular complexity index is 365. The minimum absolute atomic E-state index is 0.0560. The van der Waals surface area contributed by atoms with Crippen molar-refractivity contribution in [3.05, 3.63) is 35.4 Å². The van der Waals surface area contributed by atoms with Crippen LogP contribution in [0.5, 0.6) is 0 Å². The Kier molecular flexibility index (Phi) is 3.25. The average Bonchev–Trinajstić information content (AvgIpc) is 2.60. The van der Waals surface area contributed by atoms with E-state index >= 15 is 0 Å². The third-order valence-corrected chi connectivity index (χ3v) is 2.68. The zero-order valence-electron chi connectivity index (χ0n) is 9.56. The van der Waals surface area contributed by atoms with Crippen LogP contribution >= 0.6 is 0 Å². The van der Waals surface area contributed by atoms with Crippen LogP contribution in [0.3, 0.4) is 0 Å². The van der Waals surface area contributed by atoms with Crippen LogP contribution in [0.25, 0.3) is 0 Å². The molecule has 0 bridgehead atoms. The van der Waals surface area contributed by atoms with Crippen LogP contribution in [-0.4, -0.2) is 17.6 Å². The van der Waals surface area contributed by atoms with E-state index in [1.807, 2.05) is 38.1 Å². The van der Waals surface area contributed by atoms with Gasteiger partial charge in [-0.3, -0.25) is 0 Å². The van der Waals surface area contributed by atoms with Crippen LogP contribution in [0.1, 0.15) is 31.1 Å². The molecule has 88 valence electrons. The summed E-state index contributed by atoms with van der Waals surface area (Å²) in [6, 6.07) is 7.87. The van der Waals surface area contributed by atoms with Gasteiger partial charge in [0.05, 0.1) is 6.61 Å². The van der Waals surface area contributed by atoms with E-state index in [1.54, 1.807) is 0 Å². The van der Waals surface area contributed by atoms with Crippen LogP contribution in [0.4, 0.5) is 0 Å². The van der Waals surface area contributed by atoms with Crippen molar-refractivity contribution >= 4 is 0 Å². The lowest BCUT2D eigenvalue weighted by Crippen LogP contribution is -2.20. The van der Waals surface area contributed by atoms with Gasteiger partial charge < -0.3 is 14.7 Å². The molecule has 4 heteroatoms. The Hall–Kier alpha value is -0.940. The quantitative estimate of drug-likeness (QED) is 0.769. The molecule has 16 heavy (non-hydrogen) atoms. The highest BCUT2D eigenvalue weighted by Crippen LogP contribution is 2.34. The molecule has 0 radical (unpaired) electrons. The van der Waals surface area contributed by atoms with Crippen LogP contribution < -0.4 is 5.48 Å². The predicted octanol–water partition coefficient (Wildman–Crippen LogP) is 1.99. The van der Waals surface area contributed by atoms with Crippen molar-refractivity contribution in [2.45, 2.75) is 32.3 Å². The number of benzene rings is 1. The molecule has 1 aliphatic rings. The third-order valence-electron chi connectivity index (χ3n) is 2.68. The maximum Gasteiger partial charge on any atom is 0.163 e. The van der Waals surface area contributed by atoms with Gasteiger partial charge in [0.15, 0.2) is 5.79 Å². The summed E-state index contributed by atoms with van der Waals surface area (Å²) in [7, 11) is 0. The minimum Gasteiger partial charge on any atom is -0.347 e. The summed E-state index contributed by atoms with van der Waals surface area (Å²) in [4.78, 5) is 0. The zero-order chi connectivity index (χ0) is 11.6. The predicted molar refractivity (Wildman–Crippen MR) is 58.9 cm³/mol. The van der Waals surface area contributed by atoms with E-state index in [4.69, 9.17) is 14.7 Å². The fourth-order valence-electron chi connectivity index (χ4n) is 1.93. The Morgan fingerprint density at radius 3 is 2.81 bits per heavy atom. The van der Waals surface area contributed by atoms with Crippen LogP contribution in [-0.2, 0) is 16.0 Å². The molecule has 2 rings (SSSR count). The van der Waals surface area contributed by atoms with Crippen LogP contribution in [0.15, 0.2) is 24.3 Å². The van der Waals surface area contributed by atoms with Gasteiger partial charge in [0.2, 0.25) is 0 Å². The Labute approximate surface area is 95.1 Å². The highest BCUT2D eigenvalue weighted by molar-refractivity contribution is 5.29. The summed E-state index contributed by atoms with van der Waals surface area (Å²) in [5, 5.41) is 8.77. The van der Waals surface area contributed by atoms with E-state index in [0.717, 1.165) is 11.1 Å². The summed E-state index contributed by atoms with van der Waals surface area (Å²) >= 11 is 0. The van der Waals surface area contributed by atoms with Gasteiger partial charge >= 0.3 is 0 Å². The molecular formula is C12H17NO3. The molecule has 0 saturated carbocycles. The SMILES string of the molecule is CC1(C)OCC(c2ccccc2CNO)O1. The van der Waals surface area contributed by atoms with Gasteiger partial charge in [-0.2, -0.15) is 0 Å². The molecule has 2 N–H and O–H groups in total. The molecule has 1 unspecified atom stereocenters. The number of ether oxygens (including phenoxy) is 2. The first-order valence-electron chi connectivity index (χ1n) is 5.39. The number of rotatable bonds is 3. The molecular weight excluding hydrogens is 206 g/mol. The standard InChI is InChI=1S/C12H17NO3/c1-12(2)15-8-11(16-12)10-6-4-3-5-9(10)7-13-14/h3-6,11,13-14H,7-8H2,1-2H3. The van der Waals surface area contributed by atoms with E-state index in [9.17, 15) is 0 Å². The maximum absolute atomic E-state index is 8.77. The number of hydrogen-bond donors (Lipinski definition) is 2. The topological polar surface area (TPSA) is 50.7 Å².